The Morgan fingerprint density at radius 1 is 1.31 bits per heavy atom. The summed E-state index contributed by atoms with van der Waals surface area (Å²) in [5, 5.41) is 0. The lowest BCUT2D eigenvalue weighted by atomic mass is 10.3. The molecule has 0 bridgehead atoms. The van der Waals surface area contributed by atoms with Gasteiger partial charge in [0.05, 0.1) is 0 Å². The zero-order valence-corrected chi connectivity index (χ0v) is 8.98. The van der Waals surface area contributed by atoms with E-state index in [1.54, 1.807) is 22.6 Å². The molecular formula is C8H8INO3. The highest BCUT2D eigenvalue weighted by atomic mass is 127. The normalized spacial score (nSPS) is 15.6. The van der Waals surface area contributed by atoms with Crippen LogP contribution in [-0.4, -0.2) is 27.0 Å². The van der Waals surface area contributed by atoms with Gasteiger partial charge in [0.2, 0.25) is 0 Å². The van der Waals surface area contributed by atoms with Gasteiger partial charge < -0.3 is 0 Å². The number of hydrogen-bond acceptors (Lipinski definition) is 3. The van der Waals surface area contributed by atoms with Gasteiger partial charge in [0.15, 0.2) is 3.79 Å². The molecule has 0 spiro atoms. The second kappa shape index (κ2) is 4.50. The number of amides is 2. The topological polar surface area (TPSA) is 54.5 Å². The minimum atomic E-state index is -0.286. The average Bonchev–Trinajstić information content (AvgIpc) is 2.34. The van der Waals surface area contributed by atoms with Gasteiger partial charge in [-0.15, -0.1) is 0 Å². The lowest BCUT2D eigenvalue weighted by molar-refractivity contribution is -0.137. The molecule has 0 radical (unpaired) electrons. The summed E-state index contributed by atoms with van der Waals surface area (Å²) in [7, 11) is 0. The van der Waals surface area contributed by atoms with Gasteiger partial charge in [-0.1, -0.05) is 0 Å². The van der Waals surface area contributed by atoms with Crippen LogP contribution in [0.5, 0.6) is 0 Å². The second-order valence-corrected chi connectivity index (χ2v) is 3.82. The SMILES string of the molecule is O=C(I)CCCN1C(=O)C=CC1=O. The molecular weight excluding hydrogens is 285 g/mol. The summed E-state index contributed by atoms with van der Waals surface area (Å²) in [6.45, 7) is 0.333. The van der Waals surface area contributed by atoms with Gasteiger partial charge in [-0.25, -0.2) is 0 Å². The fourth-order valence-corrected chi connectivity index (χ4v) is 1.41. The van der Waals surface area contributed by atoms with Crippen LogP contribution in [0.2, 0.25) is 0 Å². The molecule has 0 saturated heterocycles. The van der Waals surface area contributed by atoms with Gasteiger partial charge in [-0.05, 0) is 29.0 Å². The molecule has 0 atom stereocenters. The van der Waals surface area contributed by atoms with E-state index in [-0.39, 0.29) is 15.6 Å². The Morgan fingerprint density at radius 3 is 2.31 bits per heavy atom. The molecule has 1 aliphatic rings. The van der Waals surface area contributed by atoms with Crippen LogP contribution in [0.25, 0.3) is 0 Å². The minimum absolute atomic E-state index is 0.0460. The van der Waals surface area contributed by atoms with Crippen LogP contribution >= 0.6 is 22.6 Å². The van der Waals surface area contributed by atoms with Crippen molar-refractivity contribution in [1.82, 2.24) is 4.90 Å². The summed E-state index contributed by atoms with van der Waals surface area (Å²) in [5.74, 6) is -0.572. The smallest absolute Gasteiger partial charge is 0.253 e. The largest absolute Gasteiger partial charge is 0.288 e. The van der Waals surface area contributed by atoms with Gasteiger partial charge in [0.1, 0.15) is 0 Å². The van der Waals surface area contributed by atoms with E-state index in [1.165, 1.54) is 12.2 Å². The fraction of sp³-hybridized carbons (Fsp3) is 0.375. The van der Waals surface area contributed by atoms with Crippen molar-refractivity contribution in [2.75, 3.05) is 6.54 Å². The quantitative estimate of drug-likeness (QED) is 0.434. The molecule has 0 fully saturated rings. The summed E-state index contributed by atoms with van der Waals surface area (Å²) >= 11 is 1.70. The van der Waals surface area contributed by atoms with E-state index in [0.717, 1.165) is 4.90 Å². The molecule has 70 valence electrons. The number of carbonyl (C=O) groups is 3. The first-order chi connectivity index (χ1) is 6.11. The number of imide groups is 1. The molecule has 1 aliphatic heterocycles. The van der Waals surface area contributed by atoms with Crippen LogP contribution in [0.15, 0.2) is 12.2 Å². The second-order valence-electron chi connectivity index (χ2n) is 2.62. The first kappa shape index (κ1) is 10.4. The molecule has 0 saturated carbocycles. The summed E-state index contributed by atoms with van der Waals surface area (Å²) < 4.78 is 0.0460. The molecule has 0 aromatic carbocycles. The summed E-state index contributed by atoms with van der Waals surface area (Å²) in [4.78, 5) is 33.7. The third kappa shape index (κ3) is 2.91. The van der Waals surface area contributed by atoms with Crippen LogP contribution < -0.4 is 0 Å². The van der Waals surface area contributed by atoms with Gasteiger partial charge in [-0.2, -0.15) is 0 Å². The standard InChI is InChI=1S/C8H8INO3/c9-6(11)2-1-5-10-7(12)3-4-8(10)13/h3-4H,1-2,5H2. The van der Waals surface area contributed by atoms with Crippen LogP contribution in [0.1, 0.15) is 12.8 Å². The number of halogens is 1. The molecule has 1 heterocycles. The maximum Gasteiger partial charge on any atom is 0.253 e. The predicted octanol–water partition coefficient (Wildman–Crippen LogP) is 0.653. The predicted molar refractivity (Wildman–Crippen MR) is 54.1 cm³/mol. The molecule has 0 N–H and O–H groups in total. The van der Waals surface area contributed by atoms with Crippen molar-refractivity contribution >= 4 is 38.2 Å². The molecule has 2 amide bonds. The van der Waals surface area contributed by atoms with Crippen LogP contribution in [0.4, 0.5) is 0 Å². The Balaban J connectivity index is 2.34. The third-order valence-electron chi connectivity index (χ3n) is 1.66. The van der Waals surface area contributed by atoms with Crippen molar-refractivity contribution in [3.05, 3.63) is 12.2 Å². The van der Waals surface area contributed by atoms with E-state index < -0.39 is 0 Å². The van der Waals surface area contributed by atoms with Crippen molar-refractivity contribution < 1.29 is 14.4 Å². The molecule has 13 heavy (non-hydrogen) atoms. The highest BCUT2D eigenvalue weighted by Crippen LogP contribution is 2.06. The Hall–Kier alpha value is -0.720. The van der Waals surface area contributed by atoms with Gasteiger partial charge in [0, 0.05) is 25.1 Å². The molecule has 5 heteroatoms. The summed E-state index contributed by atoms with van der Waals surface area (Å²) in [5.41, 5.74) is 0. The van der Waals surface area contributed by atoms with E-state index >= 15 is 0 Å². The fourth-order valence-electron chi connectivity index (χ4n) is 1.03. The van der Waals surface area contributed by atoms with Gasteiger partial charge in [0.25, 0.3) is 11.8 Å². The third-order valence-corrected chi connectivity index (χ3v) is 2.19. The molecule has 4 nitrogen and oxygen atoms in total. The zero-order valence-electron chi connectivity index (χ0n) is 6.83. The molecule has 1 rings (SSSR count). The van der Waals surface area contributed by atoms with Crippen LogP contribution in [0.3, 0.4) is 0 Å². The lowest BCUT2D eigenvalue weighted by Gasteiger charge is -2.11. The van der Waals surface area contributed by atoms with Crippen molar-refractivity contribution in [3.8, 4) is 0 Å². The Labute approximate surface area is 89.1 Å². The average molecular weight is 293 g/mol. The number of rotatable bonds is 4. The van der Waals surface area contributed by atoms with Gasteiger partial charge >= 0.3 is 0 Å². The van der Waals surface area contributed by atoms with Gasteiger partial charge in [-0.3, -0.25) is 19.3 Å². The highest BCUT2D eigenvalue weighted by Gasteiger charge is 2.22. The van der Waals surface area contributed by atoms with Crippen molar-refractivity contribution in [2.45, 2.75) is 12.8 Å². The molecule has 0 unspecified atom stereocenters. The minimum Gasteiger partial charge on any atom is -0.288 e. The van der Waals surface area contributed by atoms with Crippen molar-refractivity contribution in [1.29, 1.82) is 0 Å². The lowest BCUT2D eigenvalue weighted by Crippen LogP contribution is -2.30. The zero-order chi connectivity index (χ0) is 9.84. The summed E-state index contributed by atoms with van der Waals surface area (Å²) in [6.07, 6.45) is 3.43. The Morgan fingerprint density at radius 2 is 1.85 bits per heavy atom. The van der Waals surface area contributed by atoms with E-state index in [0.29, 0.717) is 19.4 Å². The number of hydrogen-bond donors (Lipinski definition) is 0. The highest BCUT2D eigenvalue weighted by molar-refractivity contribution is 14.1. The van der Waals surface area contributed by atoms with E-state index in [2.05, 4.69) is 0 Å². The first-order valence-electron chi connectivity index (χ1n) is 3.83. The molecule has 0 aromatic rings. The molecule has 0 aliphatic carbocycles. The van der Waals surface area contributed by atoms with E-state index in [1.807, 2.05) is 0 Å². The molecule has 0 aromatic heterocycles. The number of carbonyl (C=O) groups excluding carboxylic acids is 3. The van der Waals surface area contributed by atoms with Crippen molar-refractivity contribution in [3.63, 3.8) is 0 Å². The Bertz CT molecular complexity index is 267. The first-order valence-corrected chi connectivity index (χ1v) is 4.91. The number of nitrogens with zero attached hydrogens (tertiary/aromatic N) is 1. The van der Waals surface area contributed by atoms with E-state index in [4.69, 9.17) is 0 Å². The summed E-state index contributed by atoms with van der Waals surface area (Å²) in [6, 6.07) is 0. The van der Waals surface area contributed by atoms with Crippen molar-refractivity contribution in [2.24, 2.45) is 0 Å². The maximum absolute atomic E-state index is 11.0. The van der Waals surface area contributed by atoms with E-state index in [9.17, 15) is 14.4 Å². The van der Waals surface area contributed by atoms with Crippen LogP contribution in [-0.2, 0) is 14.4 Å². The monoisotopic (exact) mass is 293 g/mol. The Kier molecular flexibility index (Phi) is 3.58. The maximum atomic E-state index is 11.0. The van der Waals surface area contributed by atoms with Crippen LogP contribution in [0, 0.1) is 0 Å².